The number of methoxy groups -OCH3 is 1. The molecule has 0 amide bonds. The van der Waals surface area contributed by atoms with Crippen LogP contribution in [0.3, 0.4) is 0 Å². The maximum Gasteiger partial charge on any atom is 0.274 e. The second kappa shape index (κ2) is 5.30. The Hall–Kier alpha value is -1.69. The topological polar surface area (TPSA) is 64.4 Å². The Labute approximate surface area is 104 Å². The standard InChI is InChI=1S/C12H15FN2O3/c1-18-7-12(8-2-3-8)14-10-4-9(13)5-11(6-10)15(16)17/h4-6,8,12,14H,2-3,7H2,1H3. The van der Waals surface area contributed by atoms with Gasteiger partial charge in [0.25, 0.3) is 5.69 Å². The Morgan fingerprint density at radius 3 is 2.83 bits per heavy atom. The number of nitrogens with zero attached hydrogens (tertiary/aromatic N) is 1. The van der Waals surface area contributed by atoms with E-state index >= 15 is 0 Å². The van der Waals surface area contributed by atoms with E-state index in [4.69, 9.17) is 4.74 Å². The van der Waals surface area contributed by atoms with E-state index in [1.807, 2.05) is 0 Å². The Morgan fingerprint density at radius 1 is 1.56 bits per heavy atom. The summed E-state index contributed by atoms with van der Waals surface area (Å²) in [4.78, 5) is 10.0. The highest BCUT2D eigenvalue weighted by Crippen LogP contribution is 2.34. The number of anilines is 1. The van der Waals surface area contributed by atoms with Crippen LogP contribution in [0.1, 0.15) is 12.8 Å². The van der Waals surface area contributed by atoms with Crippen LogP contribution >= 0.6 is 0 Å². The number of hydrogen-bond donors (Lipinski definition) is 1. The number of nitro groups is 1. The second-order valence-corrected chi connectivity index (χ2v) is 4.50. The molecular formula is C12H15FN2O3. The van der Waals surface area contributed by atoms with Crippen molar-refractivity contribution >= 4 is 11.4 Å². The van der Waals surface area contributed by atoms with Gasteiger partial charge in [-0.25, -0.2) is 4.39 Å². The van der Waals surface area contributed by atoms with Crippen molar-refractivity contribution in [2.45, 2.75) is 18.9 Å². The van der Waals surface area contributed by atoms with Gasteiger partial charge < -0.3 is 10.1 Å². The lowest BCUT2D eigenvalue weighted by Gasteiger charge is -2.18. The summed E-state index contributed by atoms with van der Waals surface area (Å²) in [5.74, 6) is -0.106. The number of nitrogens with one attached hydrogen (secondary N) is 1. The molecule has 18 heavy (non-hydrogen) atoms. The fourth-order valence-corrected chi connectivity index (χ4v) is 1.95. The van der Waals surface area contributed by atoms with Crippen molar-refractivity contribution in [3.05, 3.63) is 34.1 Å². The predicted octanol–water partition coefficient (Wildman–Crippen LogP) is 2.57. The van der Waals surface area contributed by atoms with E-state index in [2.05, 4.69) is 5.32 Å². The minimum absolute atomic E-state index is 0.0800. The smallest absolute Gasteiger partial charge is 0.274 e. The molecule has 1 atom stereocenters. The van der Waals surface area contributed by atoms with Crippen LogP contribution in [-0.2, 0) is 4.74 Å². The van der Waals surface area contributed by atoms with Crippen LogP contribution in [-0.4, -0.2) is 24.7 Å². The summed E-state index contributed by atoms with van der Waals surface area (Å²) >= 11 is 0. The van der Waals surface area contributed by atoms with Gasteiger partial charge in [0, 0.05) is 18.9 Å². The summed E-state index contributed by atoms with van der Waals surface area (Å²) in [6.45, 7) is 0.509. The fourth-order valence-electron chi connectivity index (χ4n) is 1.95. The van der Waals surface area contributed by atoms with Crippen molar-refractivity contribution in [3.8, 4) is 0 Å². The molecule has 2 rings (SSSR count). The van der Waals surface area contributed by atoms with Gasteiger partial charge in [-0.3, -0.25) is 10.1 Å². The first-order chi connectivity index (χ1) is 8.60. The van der Waals surface area contributed by atoms with E-state index in [1.165, 1.54) is 12.1 Å². The highest BCUT2D eigenvalue weighted by Gasteiger charge is 2.31. The monoisotopic (exact) mass is 254 g/mol. The number of rotatable bonds is 6. The first-order valence-corrected chi connectivity index (χ1v) is 5.80. The summed E-state index contributed by atoms with van der Waals surface area (Å²) in [5, 5.41) is 13.8. The quantitative estimate of drug-likeness (QED) is 0.626. The fraction of sp³-hybridized carbons (Fsp3) is 0.500. The van der Waals surface area contributed by atoms with E-state index in [1.54, 1.807) is 7.11 Å². The number of ether oxygens (including phenoxy) is 1. The molecule has 0 saturated heterocycles. The van der Waals surface area contributed by atoms with E-state index < -0.39 is 10.7 Å². The second-order valence-electron chi connectivity index (χ2n) is 4.50. The van der Waals surface area contributed by atoms with Crippen molar-refractivity contribution in [1.82, 2.24) is 0 Å². The number of benzene rings is 1. The average molecular weight is 254 g/mol. The van der Waals surface area contributed by atoms with Gasteiger partial charge in [0.15, 0.2) is 0 Å². The van der Waals surface area contributed by atoms with Crippen LogP contribution in [0.4, 0.5) is 15.8 Å². The Morgan fingerprint density at radius 2 is 2.28 bits per heavy atom. The van der Waals surface area contributed by atoms with Crippen LogP contribution in [0.25, 0.3) is 0 Å². The maximum absolute atomic E-state index is 13.3. The molecule has 1 N–H and O–H groups in total. The van der Waals surface area contributed by atoms with Crippen LogP contribution in [0.5, 0.6) is 0 Å². The van der Waals surface area contributed by atoms with Gasteiger partial charge in [0.05, 0.1) is 23.6 Å². The predicted molar refractivity (Wildman–Crippen MR) is 65.1 cm³/mol. The normalized spacial score (nSPS) is 16.3. The Bertz CT molecular complexity index is 449. The lowest BCUT2D eigenvalue weighted by Crippen LogP contribution is -2.27. The molecule has 1 fully saturated rings. The number of hydrogen-bond acceptors (Lipinski definition) is 4. The molecular weight excluding hydrogens is 239 g/mol. The molecule has 0 spiro atoms. The molecule has 1 aromatic rings. The molecule has 1 aromatic carbocycles. The zero-order valence-electron chi connectivity index (χ0n) is 10.1. The van der Waals surface area contributed by atoms with Crippen molar-refractivity contribution in [2.75, 3.05) is 19.0 Å². The van der Waals surface area contributed by atoms with Gasteiger partial charge in [-0.1, -0.05) is 0 Å². The summed E-state index contributed by atoms with van der Waals surface area (Å²) in [7, 11) is 1.60. The average Bonchev–Trinajstić information content (AvgIpc) is 3.11. The van der Waals surface area contributed by atoms with E-state index in [-0.39, 0.29) is 11.7 Å². The van der Waals surface area contributed by atoms with Crippen molar-refractivity contribution in [2.24, 2.45) is 5.92 Å². The summed E-state index contributed by atoms with van der Waals surface area (Å²) in [6, 6.07) is 3.59. The van der Waals surface area contributed by atoms with Crippen molar-refractivity contribution in [3.63, 3.8) is 0 Å². The van der Waals surface area contributed by atoms with Gasteiger partial charge in [0.1, 0.15) is 5.82 Å². The minimum Gasteiger partial charge on any atom is -0.383 e. The highest BCUT2D eigenvalue weighted by molar-refractivity contribution is 5.52. The number of nitro benzene ring substituents is 1. The number of non-ortho nitro benzene ring substituents is 1. The largest absolute Gasteiger partial charge is 0.383 e. The van der Waals surface area contributed by atoms with Gasteiger partial charge in [-0.2, -0.15) is 0 Å². The summed E-state index contributed by atoms with van der Waals surface area (Å²) in [5.41, 5.74) is 0.181. The lowest BCUT2D eigenvalue weighted by molar-refractivity contribution is -0.385. The van der Waals surface area contributed by atoms with Crippen LogP contribution in [0.2, 0.25) is 0 Å². The summed E-state index contributed by atoms with van der Waals surface area (Å²) in [6.07, 6.45) is 2.22. The first-order valence-electron chi connectivity index (χ1n) is 5.80. The van der Waals surface area contributed by atoms with Crippen molar-refractivity contribution in [1.29, 1.82) is 0 Å². The molecule has 0 bridgehead atoms. The van der Waals surface area contributed by atoms with Crippen LogP contribution < -0.4 is 5.32 Å². The third-order valence-corrected chi connectivity index (χ3v) is 2.98. The zero-order chi connectivity index (χ0) is 13.1. The molecule has 0 heterocycles. The van der Waals surface area contributed by atoms with E-state index in [9.17, 15) is 14.5 Å². The van der Waals surface area contributed by atoms with E-state index in [0.717, 1.165) is 18.9 Å². The molecule has 98 valence electrons. The van der Waals surface area contributed by atoms with E-state index in [0.29, 0.717) is 18.2 Å². The third kappa shape index (κ3) is 3.16. The molecule has 1 unspecified atom stereocenters. The highest BCUT2D eigenvalue weighted by atomic mass is 19.1. The Balaban J connectivity index is 2.13. The molecule has 6 heteroatoms. The van der Waals surface area contributed by atoms with Gasteiger partial charge in [0.2, 0.25) is 0 Å². The van der Waals surface area contributed by atoms with Gasteiger partial charge >= 0.3 is 0 Å². The molecule has 0 aromatic heterocycles. The van der Waals surface area contributed by atoms with Crippen LogP contribution in [0, 0.1) is 21.8 Å². The minimum atomic E-state index is -0.612. The Kier molecular flexibility index (Phi) is 3.76. The molecule has 0 radical (unpaired) electrons. The lowest BCUT2D eigenvalue weighted by atomic mass is 10.1. The summed E-state index contributed by atoms with van der Waals surface area (Å²) < 4.78 is 18.4. The van der Waals surface area contributed by atoms with Gasteiger partial charge in [-0.05, 0) is 24.8 Å². The molecule has 1 aliphatic carbocycles. The van der Waals surface area contributed by atoms with Crippen molar-refractivity contribution < 1.29 is 14.1 Å². The first kappa shape index (κ1) is 12.8. The molecule has 0 aliphatic heterocycles. The molecule has 1 aliphatic rings. The van der Waals surface area contributed by atoms with Gasteiger partial charge in [-0.15, -0.1) is 0 Å². The zero-order valence-corrected chi connectivity index (χ0v) is 10.1. The van der Waals surface area contributed by atoms with Crippen LogP contribution in [0.15, 0.2) is 18.2 Å². The third-order valence-electron chi connectivity index (χ3n) is 2.98. The number of halogens is 1. The maximum atomic E-state index is 13.3. The molecule has 1 saturated carbocycles. The molecule has 5 nitrogen and oxygen atoms in total. The SMILES string of the molecule is COCC(Nc1cc(F)cc([N+](=O)[O-])c1)C1CC1.